The van der Waals surface area contributed by atoms with Gasteiger partial charge in [-0.15, -0.1) is 0 Å². The van der Waals surface area contributed by atoms with Gasteiger partial charge in [0.2, 0.25) is 0 Å². The molecule has 2 aromatic carbocycles. The molecule has 3 nitrogen and oxygen atoms in total. The van der Waals surface area contributed by atoms with Gasteiger partial charge in [0.1, 0.15) is 0 Å². The summed E-state index contributed by atoms with van der Waals surface area (Å²) in [6.45, 7) is 1.45. The molecule has 0 heterocycles. The van der Waals surface area contributed by atoms with Crippen LogP contribution in [0.2, 0.25) is 10.0 Å². The number of hydrogen-bond acceptors (Lipinski definition) is 2. The lowest BCUT2D eigenvalue weighted by atomic mass is 10.0. The van der Waals surface area contributed by atoms with E-state index in [0.717, 1.165) is 12.1 Å². The third-order valence-electron chi connectivity index (χ3n) is 3.18. The minimum atomic E-state index is -4.73. The maximum Gasteiger partial charge on any atom is 0.417 e. The van der Waals surface area contributed by atoms with Crippen LogP contribution in [0.4, 0.5) is 18.9 Å². The lowest BCUT2D eigenvalue weighted by Gasteiger charge is -2.16. The molecule has 2 rings (SSSR count). The third-order valence-corrected chi connectivity index (χ3v) is 3.81. The first-order valence-corrected chi connectivity index (χ1v) is 7.39. The van der Waals surface area contributed by atoms with Crippen LogP contribution in [0, 0.1) is 5.41 Å². The zero-order valence-electron chi connectivity index (χ0n) is 12.3. The minimum absolute atomic E-state index is 0.0612. The zero-order valence-corrected chi connectivity index (χ0v) is 13.8. The summed E-state index contributed by atoms with van der Waals surface area (Å²) in [6, 6.07) is 7.58. The van der Waals surface area contributed by atoms with Crippen LogP contribution in [0.3, 0.4) is 0 Å². The average Bonchev–Trinajstić information content (AvgIpc) is 2.45. The molecule has 0 saturated heterocycles. The van der Waals surface area contributed by atoms with Crippen molar-refractivity contribution < 1.29 is 18.0 Å². The molecule has 0 aliphatic carbocycles. The highest BCUT2D eigenvalue weighted by atomic mass is 35.5. The van der Waals surface area contributed by atoms with Crippen molar-refractivity contribution >= 4 is 40.5 Å². The van der Waals surface area contributed by atoms with Crippen molar-refractivity contribution in [3.8, 4) is 0 Å². The Kier molecular flexibility index (Phi) is 5.20. The molecule has 0 atom stereocenters. The summed E-state index contributed by atoms with van der Waals surface area (Å²) in [6.07, 6.45) is -4.73. The number of anilines is 1. The Bertz CT molecular complexity index is 819. The molecule has 0 radical (unpaired) electrons. The summed E-state index contributed by atoms with van der Waals surface area (Å²) in [7, 11) is 0. The second kappa shape index (κ2) is 6.83. The predicted molar refractivity (Wildman–Crippen MR) is 88.4 cm³/mol. The van der Waals surface area contributed by atoms with Gasteiger partial charge in [0.05, 0.1) is 26.9 Å². The molecule has 1 amide bonds. The Morgan fingerprint density at radius 1 is 1.04 bits per heavy atom. The van der Waals surface area contributed by atoms with Crippen molar-refractivity contribution in [2.24, 2.45) is 0 Å². The lowest BCUT2D eigenvalue weighted by molar-refractivity contribution is -0.137. The van der Waals surface area contributed by atoms with E-state index < -0.39 is 23.2 Å². The fraction of sp³-hybridized carbons (Fsp3) is 0.125. The molecule has 126 valence electrons. The lowest BCUT2D eigenvalue weighted by Crippen LogP contribution is -2.20. The van der Waals surface area contributed by atoms with Crippen molar-refractivity contribution in [2.45, 2.75) is 13.1 Å². The molecule has 0 aliphatic rings. The highest BCUT2D eigenvalue weighted by molar-refractivity contribution is 6.36. The third kappa shape index (κ3) is 3.71. The Labute approximate surface area is 145 Å². The van der Waals surface area contributed by atoms with E-state index >= 15 is 0 Å². The molecule has 0 spiro atoms. The van der Waals surface area contributed by atoms with E-state index in [1.165, 1.54) is 31.2 Å². The van der Waals surface area contributed by atoms with E-state index in [9.17, 15) is 18.0 Å². The fourth-order valence-electron chi connectivity index (χ4n) is 2.19. The first kappa shape index (κ1) is 18.3. The number of nitrogens with one attached hydrogen (secondary N) is 2. The molecule has 8 heteroatoms. The van der Waals surface area contributed by atoms with Gasteiger partial charge in [0.25, 0.3) is 5.91 Å². The number of carbonyl (C=O) groups excluding carboxylic acids is 1. The molecular formula is C16H11Cl2F3N2O. The standard InChI is InChI=1S/C16H11Cl2F3N2O/c1-8(22)13-10(17)6-3-7-12(13)23-15(24)14-9(16(19,20)21)4-2-5-11(14)18/h2-7,22H,1H3,(H,23,24). The summed E-state index contributed by atoms with van der Waals surface area (Å²) < 4.78 is 39.3. The number of alkyl halides is 3. The van der Waals surface area contributed by atoms with Gasteiger partial charge in [-0.25, -0.2) is 0 Å². The first-order chi connectivity index (χ1) is 11.1. The smallest absolute Gasteiger partial charge is 0.321 e. The topological polar surface area (TPSA) is 53.0 Å². The summed E-state index contributed by atoms with van der Waals surface area (Å²) >= 11 is 11.8. The van der Waals surface area contributed by atoms with Crippen LogP contribution in [0.15, 0.2) is 36.4 Å². The van der Waals surface area contributed by atoms with Crippen LogP contribution in [0.5, 0.6) is 0 Å². The normalized spacial score (nSPS) is 11.2. The van der Waals surface area contributed by atoms with Gasteiger partial charge in [0, 0.05) is 11.3 Å². The van der Waals surface area contributed by atoms with Crippen molar-refractivity contribution in [2.75, 3.05) is 5.32 Å². The van der Waals surface area contributed by atoms with Gasteiger partial charge in [-0.05, 0) is 31.2 Å². The summed E-state index contributed by atoms with van der Waals surface area (Å²) in [4.78, 5) is 12.4. The molecule has 0 aromatic heterocycles. The highest BCUT2D eigenvalue weighted by Crippen LogP contribution is 2.35. The number of rotatable bonds is 3. The maximum absolute atomic E-state index is 13.1. The Morgan fingerprint density at radius 2 is 1.58 bits per heavy atom. The zero-order chi connectivity index (χ0) is 18.1. The van der Waals surface area contributed by atoms with Crippen molar-refractivity contribution in [3.63, 3.8) is 0 Å². The molecule has 0 unspecified atom stereocenters. The van der Waals surface area contributed by atoms with Gasteiger partial charge >= 0.3 is 6.18 Å². The summed E-state index contributed by atoms with van der Waals surface area (Å²) in [5, 5.41) is 9.94. The van der Waals surface area contributed by atoms with Crippen LogP contribution >= 0.6 is 23.2 Å². The molecule has 0 fully saturated rings. The first-order valence-electron chi connectivity index (χ1n) is 6.64. The van der Waals surface area contributed by atoms with Crippen molar-refractivity contribution in [1.82, 2.24) is 0 Å². The number of hydrogen-bond donors (Lipinski definition) is 2. The number of carbonyl (C=O) groups is 1. The summed E-state index contributed by atoms with van der Waals surface area (Å²) in [5.41, 5.74) is -1.39. The van der Waals surface area contributed by atoms with Gasteiger partial charge in [-0.3, -0.25) is 4.79 Å². The Hall–Kier alpha value is -2.05. The molecule has 24 heavy (non-hydrogen) atoms. The molecular weight excluding hydrogens is 364 g/mol. The van der Waals surface area contributed by atoms with Gasteiger partial charge < -0.3 is 10.7 Å². The van der Waals surface area contributed by atoms with Crippen molar-refractivity contribution in [1.29, 1.82) is 5.41 Å². The second-order valence-electron chi connectivity index (χ2n) is 4.90. The van der Waals surface area contributed by atoms with E-state index in [0.29, 0.717) is 0 Å². The summed E-state index contributed by atoms with van der Waals surface area (Å²) in [5.74, 6) is -1.03. The number of benzene rings is 2. The molecule has 0 saturated carbocycles. The Morgan fingerprint density at radius 3 is 2.12 bits per heavy atom. The van der Waals surface area contributed by atoms with E-state index in [-0.39, 0.29) is 27.0 Å². The van der Waals surface area contributed by atoms with E-state index in [1.807, 2.05) is 0 Å². The van der Waals surface area contributed by atoms with Crippen molar-refractivity contribution in [3.05, 3.63) is 63.1 Å². The largest absolute Gasteiger partial charge is 0.417 e. The predicted octanol–water partition coefficient (Wildman–Crippen LogP) is 5.65. The van der Waals surface area contributed by atoms with Crippen LogP contribution in [-0.2, 0) is 6.18 Å². The van der Waals surface area contributed by atoms with Crippen LogP contribution in [0.1, 0.15) is 28.4 Å². The van der Waals surface area contributed by atoms with Crippen LogP contribution in [-0.4, -0.2) is 11.6 Å². The SMILES string of the molecule is CC(=N)c1c(Cl)cccc1NC(=O)c1c(Cl)cccc1C(F)(F)F. The fourth-order valence-corrected chi connectivity index (χ4v) is 2.76. The van der Waals surface area contributed by atoms with Gasteiger partial charge in [-0.2, -0.15) is 13.2 Å². The minimum Gasteiger partial charge on any atom is -0.321 e. The highest BCUT2D eigenvalue weighted by Gasteiger charge is 2.36. The second-order valence-corrected chi connectivity index (χ2v) is 5.72. The Balaban J connectivity index is 2.50. The van der Waals surface area contributed by atoms with E-state index in [2.05, 4.69) is 5.32 Å². The maximum atomic E-state index is 13.1. The molecule has 2 N–H and O–H groups in total. The molecule has 2 aromatic rings. The monoisotopic (exact) mass is 374 g/mol. The molecule has 0 bridgehead atoms. The quantitative estimate of drug-likeness (QED) is 0.669. The van der Waals surface area contributed by atoms with Crippen LogP contribution < -0.4 is 5.32 Å². The van der Waals surface area contributed by atoms with E-state index in [4.69, 9.17) is 28.6 Å². The van der Waals surface area contributed by atoms with Gasteiger partial charge in [-0.1, -0.05) is 35.3 Å². The average molecular weight is 375 g/mol. The van der Waals surface area contributed by atoms with Crippen LogP contribution in [0.25, 0.3) is 0 Å². The molecule has 0 aliphatic heterocycles. The number of amides is 1. The number of halogens is 5. The van der Waals surface area contributed by atoms with Gasteiger partial charge in [0.15, 0.2) is 0 Å². The van der Waals surface area contributed by atoms with E-state index in [1.54, 1.807) is 0 Å².